The molecule has 0 aromatic heterocycles. The third-order valence-corrected chi connectivity index (χ3v) is 1.61. The molecule has 0 aliphatic rings. The number of aliphatic carboxylic acids is 1. The van der Waals surface area contributed by atoms with Crippen LogP contribution >= 0.6 is 0 Å². The molecule has 0 atom stereocenters. The summed E-state index contributed by atoms with van der Waals surface area (Å²) in [6, 6.07) is 0. The van der Waals surface area contributed by atoms with Crippen LogP contribution in [-0.4, -0.2) is 29.7 Å². The number of carbonyl (C=O) groups excluding carboxylic acids is 1. The number of carbonyl (C=O) groups is 2. The minimum absolute atomic E-state index is 0. The van der Waals surface area contributed by atoms with Crippen molar-refractivity contribution < 1.29 is 46.7 Å². The second kappa shape index (κ2) is 8.48. The number of hydrogen-bond donors (Lipinski definition) is 2. The van der Waals surface area contributed by atoms with Crippen molar-refractivity contribution in [2.24, 2.45) is 0 Å². The summed E-state index contributed by atoms with van der Waals surface area (Å²) in [7, 11) is 0. The van der Waals surface area contributed by atoms with Gasteiger partial charge in [0.1, 0.15) is 0 Å². The van der Waals surface area contributed by atoms with E-state index < -0.39 is 18.1 Å². The summed E-state index contributed by atoms with van der Waals surface area (Å²) in [6.45, 7) is -0.0854. The molecule has 0 saturated heterocycles. The van der Waals surface area contributed by atoms with Gasteiger partial charge < -0.3 is 10.4 Å². The zero-order valence-corrected chi connectivity index (χ0v) is 8.93. The normalized spacial score (nSPS) is 10.4. The van der Waals surface area contributed by atoms with Gasteiger partial charge in [-0.15, -0.1) is 0 Å². The Morgan fingerprint density at radius 3 is 2.12 bits per heavy atom. The largest absolute Gasteiger partial charge is 1.00 e. The van der Waals surface area contributed by atoms with E-state index in [2.05, 4.69) is 0 Å². The van der Waals surface area contributed by atoms with E-state index in [-0.39, 0.29) is 31.8 Å². The van der Waals surface area contributed by atoms with Crippen LogP contribution in [0.2, 0.25) is 0 Å². The molecule has 0 radical (unpaired) electrons. The van der Waals surface area contributed by atoms with Crippen molar-refractivity contribution in [3.63, 3.8) is 0 Å². The topological polar surface area (TPSA) is 66.4 Å². The van der Waals surface area contributed by atoms with Crippen molar-refractivity contribution in [3.05, 3.63) is 0 Å². The summed E-state index contributed by atoms with van der Waals surface area (Å²) < 4.78 is 34.9. The van der Waals surface area contributed by atoms with Gasteiger partial charge in [-0.1, -0.05) is 6.42 Å². The Bertz CT molecular complexity index is 233. The molecule has 4 nitrogen and oxygen atoms in total. The zero-order valence-electron chi connectivity index (χ0n) is 8.93. The number of nitrogens with one attached hydrogen (secondary N) is 1. The number of hydrogen-bond acceptors (Lipinski definition) is 2. The fourth-order valence-electron chi connectivity index (χ4n) is 0.880. The van der Waals surface area contributed by atoms with E-state index in [1.54, 1.807) is 5.32 Å². The Hall–Kier alpha value is -0.673. The van der Waals surface area contributed by atoms with Crippen LogP contribution in [0.3, 0.4) is 0 Å². The third kappa shape index (κ3) is 9.87. The van der Waals surface area contributed by atoms with Crippen LogP contribution < -0.4 is 24.2 Å². The Labute approximate surface area is 103 Å². The van der Waals surface area contributed by atoms with Gasteiger partial charge in [-0.05, 0) is 12.8 Å². The standard InChI is InChI=1S/C8H12F3NO3.Li/c9-8(10,11)7(15)12-5-3-1-2-4-6(13)14;/h1-5H2,(H,12,15)(H,13,14);/q;+1. The average Bonchev–Trinajstić information content (AvgIpc) is 2.08. The molecule has 0 bridgehead atoms. The maximum Gasteiger partial charge on any atom is 1.00 e. The number of unbranched alkanes of at least 4 members (excludes halogenated alkanes) is 2. The first-order valence-electron chi connectivity index (χ1n) is 4.41. The summed E-state index contributed by atoms with van der Waals surface area (Å²) in [4.78, 5) is 20.3. The molecule has 0 aromatic rings. The molecule has 0 rings (SSSR count). The van der Waals surface area contributed by atoms with E-state index in [0.717, 1.165) is 0 Å². The number of carboxylic acid groups (broad SMARTS) is 1. The molecule has 16 heavy (non-hydrogen) atoms. The van der Waals surface area contributed by atoms with Crippen LogP contribution in [0.5, 0.6) is 0 Å². The second-order valence-electron chi connectivity index (χ2n) is 2.96. The van der Waals surface area contributed by atoms with Gasteiger partial charge in [0.25, 0.3) is 0 Å². The van der Waals surface area contributed by atoms with E-state index in [4.69, 9.17) is 5.11 Å². The summed E-state index contributed by atoms with van der Waals surface area (Å²) in [5.41, 5.74) is 0. The monoisotopic (exact) mass is 234 g/mol. The molecule has 0 aromatic carbocycles. The number of amides is 1. The minimum Gasteiger partial charge on any atom is -0.481 e. The molecule has 0 unspecified atom stereocenters. The molecule has 0 spiro atoms. The van der Waals surface area contributed by atoms with Crippen molar-refractivity contribution in [3.8, 4) is 0 Å². The van der Waals surface area contributed by atoms with E-state index in [9.17, 15) is 22.8 Å². The van der Waals surface area contributed by atoms with Crippen molar-refractivity contribution >= 4 is 11.9 Å². The van der Waals surface area contributed by atoms with Gasteiger partial charge in [-0.3, -0.25) is 9.59 Å². The average molecular weight is 234 g/mol. The Balaban J connectivity index is 0. The van der Waals surface area contributed by atoms with Crippen molar-refractivity contribution in [1.29, 1.82) is 0 Å². The van der Waals surface area contributed by atoms with Crippen molar-refractivity contribution in [2.45, 2.75) is 31.9 Å². The van der Waals surface area contributed by atoms with Gasteiger partial charge in [0.05, 0.1) is 0 Å². The fraction of sp³-hybridized carbons (Fsp3) is 0.750. The van der Waals surface area contributed by atoms with Crippen LogP contribution in [0.25, 0.3) is 0 Å². The molecule has 2 N–H and O–H groups in total. The maximum absolute atomic E-state index is 11.6. The maximum atomic E-state index is 11.6. The van der Waals surface area contributed by atoms with Gasteiger partial charge >= 0.3 is 36.9 Å². The van der Waals surface area contributed by atoms with Crippen molar-refractivity contribution in [1.82, 2.24) is 5.32 Å². The molecule has 0 fully saturated rings. The van der Waals surface area contributed by atoms with Gasteiger partial charge in [0, 0.05) is 13.0 Å². The Kier molecular flexibility index (Phi) is 9.38. The minimum atomic E-state index is -4.85. The van der Waals surface area contributed by atoms with Gasteiger partial charge in [-0.2, -0.15) is 13.2 Å². The summed E-state index contributed by atoms with van der Waals surface area (Å²) in [6.07, 6.45) is -3.63. The number of rotatable bonds is 6. The molecule has 88 valence electrons. The zero-order chi connectivity index (χ0) is 11.9. The Morgan fingerprint density at radius 2 is 1.69 bits per heavy atom. The van der Waals surface area contributed by atoms with E-state index in [1.165, 1.54) is 0 Å². The first kappa shape index (κ1) is 17.7. The Morgan fingerprint density at radius 1 is 1.12 bits per heavy atom. The van der Waals surface area contributed by atoms with Gasteiger partial charge in [0.15, 0.2) is 0 Å². The molecule has 0 saturated carbocycles. The number of alkyl halides is 3. The molecule has 1 amide bonds. The van der Waals surface area contributed by atoms with E-state index >= 15 is 0 Å². The third-order valence-electron chi connectivity index (χ3n) is 1.61. The van der Waals surface area contributed by atoms with Crippen LogP contribution in [-0.2, 0) is 9.59 Å². The van der Waals surface area contributed by atoms with Crippen molar-refractivity contribution in [2.75, 3.05) is 6.54 Å². The molecule has 8 heteroatoms. The van der Waals surface area contributed by atoms with Crippen LogP contribution in [0.15, 0.2) is 0 Å². The van der Waals surface area contributed by atoms with E-state index in [1.807, 2.05) is 0 Å². The quantitative estimate of drug-likeness (QED) is 0.426. The molecule has 0 aliphatic carbocycles. The number of halogens is 3. The van der Waals surface area contributed by atoms with Gasteiger partial charge in [0.2, 0.25) is 0 Å². The van der Waals surface area contributed by atoms with Crippen LogP contribution in [0.4, 0.5) is 13.2 Å². The van der Waals surface area contributed by atoms with Crippen LogP contribution in [0, 0.1) is 0 Å². The van der Waals surface area contributed by atoms with Crippen LogP contribution in [0.1, 0.15) is 25.7 Å². The SMILES string of the molecule is O=C(O)CCCCCNC(=O)C(F)(F)F.[Li+]. The molecular formula is C8H12F3LiNO3+. The molecule has 0 heterocycles. The second-order valence-corrected chi connectivity index (χ2v) is 2.96. The predicted molar refractivity (Wildman–Crippen MR) is 45.2 cm³/mol. The van der Waals surface area contributed by atoms with Gasteiger partial charge in [-0.25, -0.2) is 0 Å². The summed E-state index contributed by atoms with van der Waals surface area (Å²) in [5.74, 6) is -2.89. The fourth-order valence-corrected chi connectivity index (χ4v) is 0.880. The first-order chi connectivity index (χ1) is 6.84. The number of carboxylic acids is 1. The summed E-state index contributed by atoms with van der Waals surface area (Å²) in [5, 5.41) is 9.95. The molecular weight excluding hydrogens is 222 g/mol. The van der Waals surface area contributed by atoms with E-state index in [0.29, 0.717) is 19.3 Å². The first-order valence-corrected chi connectivity index (χ1v) is 4.41. The predicted octanol–water partition coefficient (Wildman–Crippen LogP) is -1.69. The molecule has 0 aliphatic heterocycles. The smallest absolute Gasteiger partial charge is 0.481 e. The summed E-state index contributed by atoms with van der Waals surface area (Å²) >= 11 is 0.